The first kappa shape index (κ1) is 14.1. The van der Waals surface area contributed by atoms with E-state index in [1.807, 2.05) is 0 Å². The van der Waals surface area contributed by atoms with Gasteiger partial charge in [0.15, 0.2) is 0 Å². The number of rotatable bonds is 5. The number of benzene rings is 1. The zero-order valence-electron chi connectivity index (χ0n) is 12.4. The fourth-order valence-electron chi connectivity index (χ4n) is 4.29. The van der Waals surface area contributed by atoms with Crippen LogP contribution in [0.2, 0.25) is 0 Å². The molecule has 110 valence electrons. The highest BCUT2D eigenvalue weighted by Gasteiger charge is 2.46. The van der Waals surface area contributed by atoms with Gasteiger partial charge in [0.2, 0.25) is 0 Å². The predicted octanol–water partition coefficient (Wildman–Crippen LogP) is 2.47. The van der Waals surface area contributed by atoms with Crippen molar-refractivity contribution in [2.24, 2.45) is 5.84 Å². The molecular weight excluding hydrogens is 246 g/mol. The summed E-state index contributed by atoms with van der Waals surface area (Å²) in [6, 6.07) is 11.1. The van der Waals surface area contributed by atoms with Crippen LogP contribution in [-0.2, 0) is 6.42 Å². The summed E-state index contributed by atoms with van der Waals surface area (Å²) in [5.41, 5.74) is 4.85. The van der Waals surface area contributed by atoms with Gasteiger partial charge in [0.25, 0.3) is 0 Å². The molecule has 0 bridgehead atoms. The Morgan fingerprint density at radius 1 is 1.05 bits per heavy atom. The quantitative estimate of drug-likeness (QED) is 0.639. The lowest BCUT2D eigenvalue weighted by Gasteiger charge is -2.45. The summed E-state index contributed by atoms with van der Waals surface area (Å²) in [6.07, 6.45) is 9.04. The SMILES string of the molecule is NNC(Cc1ccccc1)C1(N2CCCC2)CCCC1. The van der Waals surface area contributed by atoms with Gasteiger partial charge in [0.05, 0.1) is 0 Å². The van der Waals surface area contributed by atoms with Crippen LogP contribution < -0.4 is 11.3 Å². The summed E-state index contributed by atoms with van der Waals surface area (Å²) in [5.74, 6) is 5.98. The molecule has 1 aliphatic heterocycles. The molecule has 1 atom stereocenters. The molecule has 3 N–H and O–H groups in total. The van der Waals surface area contributed by atoms with E-state index in [0.717, 1.165) is 6.42 Å². The molecule has 0 amide bonds. The van der Waals surface area contributed by atoms with E-state index in [1.165, 1.54) is 57.2 Å². The molecule has 1 aliphatic carbocycles. The van der Waals surface area contributed by atoms with Crippen molar-refractivity contribution in [1.82, 2.24) is 10.3 Å². The van der Waals surface area contributed by atoms with Gasteiger partial charge in [-0.1, -0.05) is 43.2 Å². The molecule has 20 heavy (non-hydrogen) atoms. The van der Waals surface area contributed by atoms with Crippen molar-refractivity contribution in [3.05, 3.63) is 35.9 Å². The number of nitrogens with zero attached hydrogens (tertiary/aromatic N) is 1. The van der Waals surface area contributed by atoms with Crippen molar-refractivity contribution in [2.75, 3.05) is 13.1 Å². The maximum Gasteiger partial charge on any atom is 0.0435 e. The highest BCUT2D eigenvalue weighted by Crippen LogP contribution is 2.40. The van der Waals surface area contributed by atoms with Crippen LogP contribution in [0.5, 0.6) is 0 Å². The average Bonchev–Trinajstić information content (AvgIpc) is 3.17. The Hall–Kier alpha value is -0.900. The summed E-state index contributed by atoms with van der Waals surface area (Å²) in [6.45, 7) is 2.51. The second kappa shape index (κ2) is 6.25. The molecule has 2 fully saturated rings. The Kier molecular flexibility index (Phi) is 4.39. The van der Waals surface area contributed by atoms with Crippen molar-refractivity contribution in [2.45, 2.75) is 56.5 Å². The molecule has 3 nitrogen and oxygen atoms in total. The second-order valence-electron chi connectivity index (χ2n) is 6.41. The summed E-state index contributed by atoms with van der Waals surface area (Å²) < 4.78 is 0. The summed E-state index contributed by atoms with van der Waals surface area (Å²) in [7, 11) is 0. The van der Waals surface area contributed by atoms with Crippen molar-refractivity contribution >= 4 is 0 Å². The Morgan fingerprint density at radius 2 is 1.70 bits per heavy atom. The molecule has 0 radical (unpaired) electrons. The van der Waals surface area contributed by atoms with Crippen molar-refractivity contribution < 1.29 is 0 Å². The minimum atomic E-state index is 0.293. The fourth-order valence-corrected chi connectivity index (χ4v) is 4.29. The fraction of sp³-hybridized carbons (Fsp3) is 0.647. The van der Waals surface area contributed by atoms with Gasteiger partial charge in [-0.05, 0) is 50.8 Å². The molecule has 0 aromatic heterocycles. The number of nitrogens with one attached hydrogen (secondary N) is 1. The van der Waals surface area contributed by atoms with E-state index < -0.39 is 0 Å². The van der Waals surface area contributed by atoms with E-state index in [1.54, 1.807) is 0 Å². The highest BCUT2D eigenvalue weighted by atomic mass is 15.3. The monoisotopic (exact) mass is 273 g/mol. The first-order valence-electron chi connectivity index (χ1n) is 8.10. The third-order valence-corrected chi connectivity index (χ3v) is 5.34. The lowest BCUT2D eigenvalue weighted by atomic mass is 9.83. The third-order valence-electron chi connectivity index (χ3n) is 5.34. The third kappa shape index (κ3) is 2.62. The van der Waals surface area contributed by atoms with Crippen LogP contribution in [0.25, 0.3) is 0 Å². The maximum atomic E-state index is 5.98. The second-order valence-corrected chi connectivity index (χ2v) is 6.41. The van der Waals surface area contributed by atoms with Gasteiger partial charge < -0.3 is 0 Å². The van der Waals surface area contributed by atoms with Gasteiger partial charge >= 0.3 is 0 Å². The summed E-state index contributed by atoms with van der Waals surface area (Å²) >= 11 is 0. The van der Waals surface area contributed by atoms with Crippen molar-refractivity contribution in [3.63, 3.8) is 0 Å². The summed E-state index contributed by atoms with van der Waals surface area (Å²) in [4.78, 5) is 2.73. The first-order valence-corrected chi connectivity index (χ1v) is 8.10. The Labute approximate surface area is 122 Å². The van der Waals surface area contributed by atoms with E-state index in [4.69, 9.17) is 5.84 Å². The molecule has 2 aliphatic rings. The summed E-state index contributed by atoms with van der Waals surface area (Å²) in [5, 5.41) is 0. The van der Waals surface area contributed by atoms with E-state index in [-0.39, 0.29) is 0 Å². The molecule has 1 saturated carbocycles. The molecule has 1 aromatic rings. The number of hydrogen-bond donors (Lipinski definition) is 2. The van der Waals surface area contributed by atoms with Crippen LogP contribution in [0.3, 0.4) is 0 Å². The Balaban J connectivity index is 1.80. The molecule has 1 heterocycles. The molecule has 0 spiro atoms. The number of hydrazine groups is 1. The minimum absolute atomic E-state index is 0.293. The van der Waals surface area contributed by atoms with Crippen LogP contribution in [0, 0.1) is 0 Å². The highest BCUT2D eigenvalue weighted by molar-refractivity contribution is 5.18. The van der Waals surface area contributed by atoms with Gasteiger partial charge in [-0.2, -0.15) is 0 Å². The van der Waals surface area contributed by atoms with E-state index >= 15 is 0 Å². The topological polar surface area (TPSA) is 41.3 Å². The first-order chi connectivity index (χ1) is 9.85. The normalized spacial score (nSPS) is 24.1. The van der Waals surface area contributed by atoms with Crippen LogP contribution in [0.15, 0.2) is 30.3 Å². The van der Waals surface area contributed by atoms with Crippen LogP contribution in [-0.4, -0.2) is 29.6 Å². The smallest absolute Gasteiger partial charge is 0.0435 e. The molecule has 1 saturated heterocycles. The van der Waals surface area contributed by atoms with Crippen LogP contribution in [0.1, 0.15) is 44.1 Å². The van der Waals surface area contributed by atoms with Crippen molar-refractivity contribution in [3.8, 4) is 0 Å². The molecule has 1 unspecified atom stereocenters. The predicted molar refractivity (Wildman–Crippen MR) is 83.3 cm³/mol. The lowest BCUT2D eigenvalue weighted by Crippen LogP contribution is -2.61. The number of likely N-dealkylation sites (tertiary alicyclic amines) is 1. The van der Waals surface area contributed by atoms with Gasteiger partial charge in [-0.15, -0.1) is 0 Å². The standard InChI is InChI=1S/C17H27N3/c18-19-16(14-15-8-2-1-3-9-15)17(10-4-5-11-17)20-12-6-7-13-20/h1-3,8-9,16,19H,4-7,10-14,18H2. The molecule has 1 aromatic carbocycles. The van der Waals surface area contributed by atoms with Gasteiger partial charge in [-0.3, -0.25) is 16.2 Å². The average molecular weight is 273 g/mol. The van der Waals surface area contributed by atoms with Gasteiger partial charge in [-0.25, -0.2) is 0 Å². The largest absolute Gasteiger partial charge is 0.296 e. The zero-order chi connectivity index (χ0) is 13.8. The Bertz CT molecular complexity index is 406. The molecular formula is C17H27N3. The minimum Gasteiger partial charge on any atom is -0.296 e. The number of hydrogen-bond acceptors (Lipinski definition) is 3. The van der Waals surface area contributed by atoms with E-state index in [2.05, 4.69) is 40.7 Å². The molecule has 3 rings (SSSR count). The number of nitrogens with two attached hydrogens (primary N) is 1. The van der Waals surface area contributed by atoms with E-state index in [0.29, 0.717) is 11.6 Å². The van der Waals surface area contributed by atoms with Crippen LogP contribution in [0.4, 0.5) is 0 Å². The van der Waals surface area contributed by atoms with Gasteiger partial charge in [0, 0.05) is 11.6 Å². The lowest BCUT2D eigenvalue weighted by molar-refractivity contribution is 0.0766. The zero-order valence-corrected chi connectivity index (χ0v) is 12.4. The molecule has 3 heteroatoms. The van der Waals surface area contributed by atoms with Crippen molar-refractivity contribution in [1.29, 1.82) is 0 Å². The van der Waals surface area contributed by atoms with Crippen LogP contribution >= 0.6 is 0 Å². The Morgan fingerprint density at radius 3 is 2.30 bits per heavy atom. The van der Waals surface area contributed by atoms with Gasteiger partial charge in [0.1, 0.15) is 0 Å². The van der Waals surface area contributed by atoms with E-state index in [9.17, 15) is 0 Å². The maximum absolute atomic E-state index is 5.98.